The molecule has 1 aliphatic heterocycles. The van der Waals surface area contributed by atoms with E-state index in [0.29, 0.717) is 40.0 Å². The number of carbonyl (C=O) groups is 1. The summed E-state index contributed by atoms with van der Waals surface area (Å²) in [5.74, 6) is -4.56. The molecule has 0 saturated heterocycles. The number of dihydropyridines is 1. The lowest BCUT2D eigenvalue weighted by Crippen LogP contribution is -2.31. The molecule has 3 rings (SSSR count). The van der Waals surface area contributed by atoms with Crippen molar-refractivity contribution in [1.29, 1.82) is 5.26 Å². The maximum Gasteiger partial charge on any atom is 0.254 e. The van der Waals surface area contributed by atoms with E-state index in [9.17, 15) is 23.2 Å². The van der Waals surface area contributed by atoms with E-state index < -0.39 is 29.3 Å². The number of ether oxygens (including phenoxy) is 1. The number of nitriles is 1. The number of nitrogens with one attached hydrogen (secondary N) is 2. The van der Waals surface area contributed by atoms with Crippen molar-refractivity contribution in [3.05, 3.63) is 81.3 Å². The first-order valence-corrected chi connectivity index (χ1v) is 10.6. The van der Waals surface area contributed by atoms with E-state index in [0.717, 1.165) is 0 Å². The summed E-state index contributed by atoms with van der Waals surface area (Å²) in [6, 6.07) is 9.82. The minimum absolute atomic E-state index is 0.0119. The zero-order valence-electron chi connectivity index (χ0n) is 17.6. The van der Waals surface area contributed by atoms with Gasteiger partial charge < -0.3 is 15.4 Å². The molecule has 32 heavy (non-hydrogen) atoms. The van der Waals surface area contributed by atoms with Crippen molar-refractivity contribution < 1.29 is 22.7 Å². The normalized spacial score (nSPS) is 15.8. The van der Waals surface area contributed by atoms with Crippen LogP contribution in [0.3, 0.4) is 0 Å². The number of carbonyl (C=O) groups excluding carboxylic acids is 1. The smallest absolute Gasteiger partial charge is 0.254 e. The van der Waals surface area contributed by atoms with Crippen molar-refractivity contribution in [3.8, 4) is 11.8 Å². The molecule has 2 aromatic carbocycles. The zero-order chi connectivity index (χ0) is 23.4. The van der Waals surface area contributed by atoms with E-state index in [1.54, 1.807) is 31.2 Å². The van der Waals surface area contributed by atoms with Gasteiger partial charge in [-0.15, -0.1) is 11.8 Å². The van der Waals surface area contributed by atoms with Crippen LogP contribution in [0.25, 0.3) is 0 Å². The standard InChI is InChI=1S/C23H20F3N3O2S/c1-4-32-23-14(11-27)21(13-9-16(25)17(26)10-15(13)24)20(12(2)28-23)22(30)29-18-7-5-6-8-19(18)31-3/h5-10,21,28H,4H2,1-3H3,(H,29,30). The molecule has 0 bridgehead atoms. The first-order valence-electron chi connectivity index (χ1n) is 9.66. The van der Waals surface area contributed by atoms with Crippen molar-refractivity contribution in [1.82, 2.24) is 5.32 Å². The second-order valence-corrected chi connectivity index (χ2v) is 8.10. The van der Waals surface area contributed by atoms with Crippen molar-refractivity contribution in [3.63, 3.8) is 0 Å². The first kappa shape index (κ1) is 23.3. The average molecular weight is 459 g/mol. The van der Waals surface area contributed by atoms with Crippen LogP contribution >= 0.6 is 11.8 Å². The predicted molar refractivity (Wildman–Crippen MR) is 117 cm³/mol. The Labute approximate surface area is 188 Å². The molecule has 2 N–H and O–H groups in total. The fraction of sp³-hybridized carbons (Fsp3) is 0.217. The molecule has 0 aliphatic carbocycles. The largest absolute Gasteiger partial charge is 0.495 e. The van der Waals surface area contributed by atoms with Gasteiger partial charge >= 0.3 is 0 Å². The van der Waals surface area contributed by atoms with Gasteiger partial charge in [0.05, 0.1) is 35.4 Å². The number of anilines is 1. The summed E-state index contributed by atoms with van der Waals surface area (Å²) in [6.45, 7) is 3.47. The van der Waals surface area contributed by atoms with Crippen LogP contribution in [-0.4, -0.2) is 18.8 Å². The number of nitrogens with zero attached hydrogens (tertiary/aromatic N) is 1. The molecule has 0 saturated carbocycles. The number of benzene rings is 2. The third-order valence-electron chi connectivity index (χ3n) is 4.89. The topological polar surface area (TPSA) is 74.2 Å². The molecule has 2 aromatic rings. The SMILES string of the molecule is CCSC1=C(C#N)C(c2cc(F)c(F)cc2F)C(C(=O)Nc2ccccc2OC)=C(C)N1. The Balaban J connectivity index is 2.16. The Morgan fingerprint density at radius 1 is 1.22 bits per heavy atom. The lowest BCUT2D eigenvalue weighted by molar-refractivity contribution is -0.113. The monoisotopic (exact) mass is 459 g/mol. The van der Waals surface area contributed by atoms with Crippen LogP contribution in [0.15, 0.2) is 58.3 Å². The van der Waals surface area contributed by atoms with Gasteiger partial charge in [0.25, 0.3) is 5.91 Å². The van der Waals surface area contributed by atoms with Gasteiger partial charge in [0.2, 0.25) is 0 Å². The van der Waals surface area contributed by atoms with Crippen LogP contribution in [0.2, 0.25) is 0 Å². The van der Waals surface area contributed by atoms with Gasteiger partial charge in [-0.2, -0.15) is 5.26 Å². The van der Waals surface area contributed by atoms with Crippen LogP contribution in [0, 0.1) is 28.8 Å². The number of rotatable bonds is 6. The molecule has 0 fully saturated rings. The van der Waals surface area contributed by atoms with Crippen LogP contribution in [0.1, 0.15) is 25.3 Å². The Morgan fingerprint density at radius 3 is 2.56 bits per heavy atom. The highest BCUT2D eigenvalue weighted by molar-refractivity contribution is 8.03. The Kier molecular flexibility index (Phi) is 7.15. The first-order chi connectivity index (χ1) is 15.3. The number of amides is 1. The fourth-order valence-corrected chi connectivity index (χ4v) is 4.31. The van der Waals surface area contributed by atoms with Gasteiger partial charge in [-0.1, -0.05) is 19.1 Å². The molecule has 9 heteroatoms. The van der Waals surface area contributed by atoms with E-state index in [1.165, 1.54) is 18.9 Å². The highest BCUT2D eigenvalue weighted by Gasteiger charge is 2.37. The fourth-order valence-electron chi connectivity index (χ4n) is 3.48. The molecule has 1 atom stereocenters. The van der Waals surface area contributed by atoms with Crippen molar-refractivity contribution >= 4 is 23.4 Å². The predicted octanol–water partition coefficient (Wildman–Crippen LogP) is 5.20. The second-order valence-electron chi connectivity index (χ2n) is 6.83. The summed E-state index contributed by atoms with van der Waals surface area (Å²) >= 11 is 1.29. The number of allylic oxidation sites excluding steroid dienone is 2. The van der Waals surface area contributed by atoms with Crippen LogP contribution in [-0.2, 0) is 4.79 Å². The van der Waals surface area contributed by atoms with E-state index in [-0.39, 0.29) is 16.7 Å². The summed E-state index contributed by atoms with van der Waals surface area (Å²) in [6.07, 6.45) is 0. The number of thioether (sulfide) groups is 1. The van der Waals surface area contributed by atoms with Gasteiger partial charge in [0.15, 0.2) is 11.6 Å². The van der Waals surface area contributed by atoms with Crippen molar-refractivity contribution in [2.45, 2.75) is 19.8 Å². The average Bonchev–Trinajstić information content (AvgIpc) is 2.76. The van der Waals surface area contributed by atoms with E-state index >= 15 is 0 Å². The maximum atomic E-state index is 14.8. The molecule has 1 amide bonds. The summed E-state index contributed by atoms with van der Waals surface area (Å²) < 4.78 is 47.7. The molecule has 1 aliphatic rings. The van der Waals surface area contributed by atoms with Gasteiger partial charge in [0, 0.05) is 22.9 Å². The van der Waals surface area contributed by atoms with E-state index in [2.05, 4.69) is 10.6 Å². The number of methoxy groups -OCH3 is 1. The lowest BCUT2D eigenvalue weighted by Gasteiger charge is -2.30. The van der Waals surface area contributed by atoms with Gasteiger partial charge in [-0.3, -0.25) is 4.79 Å². The zero-order valence-corrected chi connectivity index (χ0v) is 18.4. The Morgan fingerprint density at radius 2 is 1.91 bits per heavy atom. The Hall–Kier alpha value is -3.38. The molecule has 0 radical (unpaired) electrons. The second kappa shape index (κ2) is 9.83. The summed E-state index contributed by atoms with van der Waals surface area (Å²) in [5, 5.41) is 16.0. The summed E-state index contributed by atoms with van der Waals surface area (Å²) in [4.78, 5) is 13.3. The third kappa shape index (κ3) is 4.46. The van der Waals surface area contributed by atoms with Gasteiger partial charge in [-0.05, 0) is 30.9 Å². The van der Waals surface area contributed by atoms with Gasteiger partial charge in [-0.25, -0.2) is 13.2 Å². The lowest BCUT2D eigenvalue weighted by atomic mass is 9.81. The maximum absolute atomic E-state index is 14.8. The summed E-state index contributed by atoms with van der Waals surface area (Å²) in [5.41, 5.74) is 0.471. The highest BCUT2D eigenvalue weighted by atomic mass is 32.2. The van der Waals surface area contributed by atoms with E-state index in [1.807, 2.05) is 13.0 Å². The number of hydrogen-bond acceptors (Lipinski definition) is 5. The number of hydrogen-bond donors (Lipinski definition) is 2. The number of para-hydroxylation sites is 2. The minimum atomic E-state index is -1.36. The molecular formula is C23H20F3N3O2S. The molecule has 166 valence electrons. The molecule has 0 spiro atoms. The van der Waals surface area contributed by atoms with Crippen LogP contribution in [0.5, 0.6) is 5.75 Å². The van der Waals surface area contributed by atoms with Crippen LogP contribution < -0.4 is 15.4 Å². The number of halogens is 3. The minimum Gasteiger partial charge on any atom is -0.495 e. The molecule has 5 nitrogen and oxygen atoms in total. The highest BCUT2D eigenvalue weighted by Crippen LogP contribution is 2.42. The molecule has 1 heterocycles. The summed E-state index contributed by atoms with van der Waals surface area (Å²) in [7, 11) is 1.45. The van der Waals surface area contributed by atoms with Crippen molar-refractivity contribution in [2.24, 2.45) is 0 Å². The quantitative estimate of drug-likeness (QED) is 0.581. The molecule has 1 unspecified atom stereocenters. The molecular weight excluding hydrogens is 439 g/mol. The third-order valence-corrected chi connectivity index (χ3v) is 5.79. The Bertz CT molecular complexity index is 1170. The van der Waals surface area contributed by atoms with E-state index in [4.69, 9.17) is 4.74 Å². The molecule has 0 aromatic heterocycles. The van der Waals surface area contributed by atoms with Gasteiger partial charge in [0.1, 0.15) is 11.6 Å². The van der Waals surface area contributed by atoms with Crippen molar-refractivity contribution in [2.75, 3.05) is 18.2 Å². The van der Waals surface area contributed by atoms with Crippen LogP contribution in [0.4, 0.5) is 18.9 Å².